The average molecular weight is 371 g/mol. The van der Waals surface area contributed by atoms with Crippen LogP contribution in [0.1, 0.15) is 42.1 Å². The van der Waals surface area contributed by atoms with Gasteiger partial charge in [0.15, 0.2) is 5.58 Å². The predicted octanol–water partition coefficient (Wildman–Crippen LogP) is 5.66. The Labute approximate surface area is 163 Å². The van der Waals surface area contributed by atoms with Gasteiger partial charge >= 0.3 is 0 Å². The summed E-state index contributed by atoms with van der Waals surface area (Å²) in [6.45, 7) is 4.39. The number of hydrogen-bond acceptors (Lipinski definition) is 4. The molecule has 0 fully saturated rings. The Kier molecular flexibility index (Phi) is 4.89. The molecule has 28 heavy (non-hydrogen) atoms. The molecule has 140 valence electrons. The summed E-state index contributed by atoms with van der Waals surface area (Å²) >= 11 is 0. The molecule has 0 saturated heterocycles. The van der Waals surface area contributed by atoms with Crippen LogP contribution in [0.25, 0.3) is 22.6 Å². The minimum Gasteiger partial charge on any atom is -0.436 e. The van der Waals surface area contributed by atoms with Gasteiger partial charge in [-0.2, -0.15) is 0 Å². The second-order valence-corrected chi connectivity index (χ2v) is 6.83. The van der Waals surface area contributed by atoms with Crippen molar-refractivity contribution in [1.29, 1.82) is 0 Å². The van der Waals surface area contributed by atoms with Gasteiger partial charge in [-0.15, -0.1) is 0 Å². The van der Waals surface area contributed by atoms with E-state index in [1.54, 1.807) is 18.3 Å². The minimum atomic E-state index is -0.194. The molecule has 0 saturated carbocycles. The number of rotatable bonds is 5. The number of nitrogens with one attached hydrogen (secondary N) is 1. The number of benzene rings is 2. The standard InChI is InChI=1S/C23H21N3O2/c1-3-15(2)17-8-11-21-20(13-17)26-23(28-21)16-6-9-19(10-7-16)25-22(27)18-5-4-12-24-14-18/h4-15H,3H2,1-2H3,(H,25,27)/t15-/m1/s1. The Morgan fingerprint density at radius 2 is 1.96 bits per heavy atom. The molecule has 2 heterocycles. The Morgan fingerprint density at radius 1 is 1.14 bits per heavy atom. The average Bonchev–Trinajstić information content (AvgIpc) is 3.17. The molecule has 0 unspecified atom stereocenters. The van der Waals surface area contributed by atoms with E-state index in [0.29, 0.717) is 23.1 Å². The van der Waals surface area contributed by atoms with Gasteiger partial charge in [-0.3, -0.25) is 9.78 Å². The van der Waals surface area contributed by atoms with Crippen molar-refractivity contribution in [2.24, 2.45) is 0 Å². The van der Waals surface area contributed by atoms with Crippen molar-refractivity contribution in [2.75, 3.05) is 5.32 Å². The maximum atomic E-state index is 12.2. The summed E-state index contributed by atoms with van der Waals surface area (Å²) in [6, 6.07) is 17.1. The lowest BCUT2D eigenvalue weighted by Gasteiger charge is -2.07. The lowest BCUT2D eigenvalue weighted by Crippen LogP contribution is -2.11. The van der Waals surface area contributed by atoms with Crippen molar-refractivity contribution in [3.8, 4) is 11.5 Å². The van der Waals surface area contributed by atoms with Crippen LogP contribution in [0.5, 0.6) is 0 Å². The Balaban J connectivity index is 1.54. The van der Waals surface area contributed by atoms with Gasteiger partial charge in [-0.05, 0) is 66.4 Å². The molecule has 1 atom stereocenters. The van der Waals surface area contributed by atoms with Gasteiger partial charge in [-0.1, -0.05) is 19.9 Å². The van der Waals surface area contributed by atoms with E-state index in [4.69, 9.17) is 4.42 Å². The highest BCUT2D eigenvalue weighted by atomic mass is 16.3. The van der Waals surface area contributed by atoms with E-state index in [1.165, 1.54) is 11.8 Å². The number of amides is 1. The smallest absolute Gasteiger partial charge is 0.257 e. The van der Waals surface area contributed by atoms with Gasteiger partial charge in [-0.25, -0.2) is 4.98 Å². The third-order valence-electron chi connectivity index (χ3n) is 4.91. The summed E-state index contributed by atoms with van der Waals surface area (Å²) in [5.74, 6) is 0.869. The molecule has 0 aliphatic rings. The lowest BCUT2D eigenvalue weighted by molar-refractivity contribution is 0.102. The van der Waals surface area contributed by atoms with E-state index in [9.17, 15) is 4.79 Å². The Hall–Kier alpha value is -3.47. The summed E-state index contributed by atoms with van der Waals surface area (Å²) in [5.41, 5.74) is 4.98. The van der Waals surface area contributed by atoms with Crippen molar-refractivity contribution >= 4 is 22.7 Å². The lowest BCUT2D eigenvalue weighted by atomic mass is 9.98. The minimum absolute atomic E-state index is 0.194. The maximum Gasteiger partial charge on any atom is 0.257 e. The molecule has 0 aliphatic carbocycles. The fourth-order valence-corrected chi connectivity index (χ4v) is 3.01. The first-order chi connectivity index (χ1) is 13.6. The van der Waals surface area contributed by atoms with E-state index < -0.39 is 0 Å². The van der Waals surface area contributed by atoms with Gasteiger partial charge in [0.05, 0.1) is 5.56 Å². The fourth-order valence-electron chi connectivity index (χ4n) is 3.01. The molecular weight excluding hydrogens is 350 g/mol. The third-order valence-corrected chi connectivity index (χ3v) is 4.91. The van der Waals surface area contributed by atoms with E-state index in [-0.39, 0.29) is 5.91 Å². The monoisotopic (exact) mass is 371 g/mol. The second kappa shape index (κ2) is 7.64. The number of fused-ring (bicyclic) bond motifs is 1. The number of nitrogens with zero attached hydrogens (tertiary/aromatic N) is 2. The van der Waals surface area contributed by atoms with Crippen LogP contribution in [0.4, 0.5) is 5.69 Å². The van der Waals surface area contributed by atoms with E-state index in [2.05, 4.69) is 41.3 Å². The zero-order chi connectivity index (χ0) is 19.5. The van der Waals surface area contributed by atoms with Crippen LogP contribution in [0.15, 0.2) is 71.4 Å². The van der Waals surface area contributed by atoms with Crippen LogP contribution in [0.3, 0.4) is 0 Å². The molecule has 4 aromatic rings. The number of carbonyl (C=O) groups is 1. The van der Waals surface area contributed by atoms with E-state index in [0.717, 1.165) is 23.1 Å². The highest BCUT2D eigenvalue weighted by molar-refractivity contribution is 6.04. The molecule has 0 spiro atoms. The summed E-state index contributed by atoms with van der Waals surface area (Å²) in [4.78, 5) is 20.8. The number of aromatic nitrogens is 2. The zero-order valence-corrected chi connectivity index (χ0v) is 15.8. The van der Waals surface area contributed by atoms with Crippen molar-refractivity contribution in [2.45, 2.75) is 26.2 Å². The first-order valence-corrected chi connectivity index (χ1v) is 9.36. The highest BCUT2D eigenvalue weighted by Crippen LogP contribution is 2.28. The van der Waals surface area contributed by atoms with E-state index >= 15 is 0 Å². The highest BCUT2D eigenvalue weighted by Gasteiger charge is 2.12. The van der Waals surface area contributed by atoms with Gasteiger partial charge < -0.3 is 9.73 Å². The third kappa shape index (κ3) is 3.64. The summed E-state index contributed by atoms with van der Waals surface area (Å²) < 4.78 is 5.91. The quantitative estimate of drug-likeness (QED) is 0.492. The summed E-state index contributed by atoms with van der Waals surface area (Å²) in [6.07, 6.45) is 4.26. The predicted molar refractivity (Wildman–Crippen MR) is 110 cm³/mol. The largest absolute Gasteiger partial charge is 0.436 e. The number of hydrogen-bond donors (Lipinski definition) is 1. The van der Waals surface area contributed by atoms with Crippen LogP contribution in [0.2, 0.25) is 0 Å². The summed E-state index contributed by atoms with van der Waals surface area (Å²) in [7, 11) is 0. The fraction of sp³-hybridized carbons (Fsp3) is 0.174. The van der Waals surface area contributed by atoms with Crippen molar-refractivity contribution in [3.05, 3.63) is 78.1 Å². The molecule has 5 heteroatoms. The molecule has 5 nitrogen and oxygen atoms in total. The normalized spacial score (nSPS) is 12.1. The number of anilines is 1. The molecule has 2 aromatic heterocycles. The van der Waals surface area contributed by atoms with Crippen molar-refractivity contribution < 1.29 is 9.21 Å². The maximum absolute atomic E-state index is 12.2. The van der Waals surface area contributed by atoms with E-state index in [1.807, 2.05) is 30.3 Å². The Bertz CT molecular complexity index is 1100. The SMILES string of the molecule is CC[C@@H](C)c1ccc2oc(-c3ccc(NC(=O)c4cccnc4)cc3)nc2c1. The first kappa shape index (κ1) is 17.9. The van der Waals surface area contributed by atoms with Gasteiger partial charge in [0.2, 0.25) is 5.89 Å². The second-order valence-electron chi connectivity index (χ2n) is 6.83. The molecule has 0 bridgehead atoms. The van der Waals surface area contributed by atoms with Gasteiger partial charge in [0.25, 0.3) is 5.91 Å². The summed E-state index contributed by atoms with van der Waals surface area (Å²) in [5, 5.41) is 2.86. The van der Waals surface area contributed by atoms with Crippen LogP contribution >= 0.6 is 0 Å². The molecule has 2 aromatic carbocycles. The molecule has 1 amide bonds. The van der Waals surface area contributed by atoms with Gasteiger partial charge in [0, 0.05) is 23.6 Å². The van der Waals surface area contributed by atoms with Crippen molar-refractivity contribution in [3.63, 3.8) is 0 Å². The first-order valence-electron chi connectivity index (χ1n) is 9.36. The van der Waals surface area contributed by atoms with Crippen LogP contribution in [0, 0.1) is 0 Å². The van der Waals surface area contributed by atoms with Crippen molar-refractivity contribution in [1.82, 2.24) is 9.97 Å². The topological polar surface area (TPSA) is 68.0 Å². The number of oxazole rings is 1. The molecular formula is C23H21N3O2. The molecule has 0 radical (unpaired) electrons. The molecule has 4 rings (SSSR count). The van der Waals surface area contributed by atoms with Crippen LogP contribution in [-0.2, 0) is 0 Å². The molecule has 1 N–H and O–H groups in total. The van der Waals surface area contributed by atoms with Gasteiger partial charge in [0.1, 0.15) is 5.52 Å². The van der Waals surface area contributed by atoms with Crippen LogP contribution < -0.4 is 5.32 Å². The van der Waals surface area contributed by atoms with Crippen LogP contribution in [-0.4, -0.2) is 15.9 Å². The Morgan fingerprint density at radius 3 is 2.68 bits per heavy atom. The molecule has 0 aliphatic heterocycles. The number of carbonyl (C=O) groups excluding carboxylic acids is 1. The number of pyridine rings is 1. The zero-order valence-electron chi connectivity index (χ0n) is 15.8.